The standard InChI is InChI=1S/C14H30N2O/c1-4-15-12-10-14(17)16-11-8-6-5-7-9-13(2)3/h13,15H,4-12H2,1-3H3,(H,16,17). The highest BCUT2D eigenvalue weighted by Crippen LogP contribution is 2.08. The van der Waals surface area contributed by atoms with Gasteiger partial charge in [-0.25, -0.2) is 0 Å². The van der Waals surface area contributed by atoms with Crippen LogP contribution in [0, 0.1) is 5.92 Å². The van der Waals surface area contributed by atoms with Crippen LogP contribution in [-0.2, 0) is 4.79 Å². The van der Waals surface area contributed by atoms with E-state index in [4.69, 9.17) is 0 Å². The van der Waals surface area contributed by atoms with Crippen molar-refractivity contribution in [2.45, 2.75) is 59.3 Å². The molecule has 0 heterocycles. The van der Waals surface area contributed by atoms with E-state index in [-0.39, 0.29) is 5.91 Å². The van der Waals surface area contributed by atoms with Crippen LogP contribution < -0.4 is 10.6 Å². The Bertz CT molecular complexity index is 181. The van der Waals surface area contributed by atoms with Crippen LogP contribution in [0.4, 0.5) is 0 Å². The summed E-state index contributed by atoms with van der Waals surface area (Å²) >= 11 is 0. The third-order valence-electron chi connectivity index (χ3n) is 2.81. The second-order valence-electron chi connectivity index (χ2n) is 5.05. The van der Waals surface area contributed by atoms with E-state index in [0.29, 0.717) is 6.42 Å². The number of rotatable bonds is 11. The number of carbonyl (C=O) groups is 1. The molecule has 2 N–H and O–H groups in total. The van der Waals surface area contributed by atoms with E-state index in [1.807, 2.05) is 0 Å². The summed E-state index contributed by atoms with van der Waals surface area (Å²) in [6, 6.07) is 0. The molecule has 0 aliphatic heterocycles. The molecule has 0 atom stereocenters. The van der Waals surface area contributed by atoms with Gasteiger partial charge in [-0.1, -0.05) is 46.5 Å². The second kappa shape index (κ2) is 11.9. The summed E-state index contributed by atoms with van der Waals surface area (Å²) in [5.41, 5.74) is 0. The summed E-state index contributed by atoms with van der Waals surface area (Å²) in [7, 11) is 0. The smallest absolute Gasteiger partial charge is 0.221 e. The third kappa shape index (κ3) is 13.4. The summed E-state index contributed by atoms with van der Waals surface area (Å²) in [5.74, 6) is 0.994. The van der Waals surface area contributed by atoms with Crippen LogP contribution in [0.1, 0.15) is 59.3 Å². The molecule has 3 nitrogen and oxygen atoms in total. The highest BCUT2D eigenvalue weighted by atomic mass is 16.1. The van der Waals surface area contributed by atoms with E-state index in [0.717, 1.165) is 32.0 Å². The Balaban J connectivity index is 3.14. The Hall–Kier alpha value is -0.570. The van der Waals surface area contributed by atoms with Crippen molar-refractivity contribution >= 4 is 5.91 Å². The summed E-state index contributed by atoms with van der Waals surface area (Å²) in [4.78, 5) is 11.3. The van der Waals surface area contributed by atoms with Gasteiger partial charge in [0.15, 0.2) is 0 Å². The molecule has 0 spiro atoms. The normalized spacial score (nSPS) is 10.8. The molecule has 0 aliphatic rings. The van der Waals surface area contributed by atoms with Crippen LogP contribution in [-0.4, -0.2) is 25.5 Å². The van der Waals surface area contributed by atoms with Crippen LogP contribution in [0.15, 0.2) is 0 Å². The minimum absolute atomic E-state index is 0.174. The Labute approximate surface area is 107 Å². The Morgan fingerprint density at radius 2 is 1.76 bits per heavy atom. The maximum absolute atomic E-state index is 11.3. The molecule has 0 aromatic rings. The molecule has 0 aromatic carbocycles. The molecule has 0 bridgehead atoms. The first-order valence-corrected chi connectivity index (χ1v) is 7.14. The summed E-state index contributed by atoms with van der Waals surface area (Å²) in [5, 5.41) is 6.11. The van der Waals surface area contributed by atoms with E-state index in [2.05, 4.69) is 31.4 Å². The van der Waals surface area contributed by atoms with Crippen LogP contribution in [0.2, 0.25) is 0 Å². The van der Waals surface area contributed by atoms with Crippen LogP contribution in [0.25, 0.3) is 0 Å². The van der Waals surface area contributed by atoms with Crippen molar-refractivity contribution in [3.8, 4) is 0 Å². The molecule has 3 heteroatoms. The van der Waals surface area contributed by atoms with E-state index in [1.165, 1.54) is 25.7 Å². The molecule has 0 saturated heterocycles. The fraction of sp³-hybridized carbons (Fsp3) is 0.929. The van der Waals surface area contributed by atoms with Crippen molar-refractivity contribution in [3.63, 3.8) is 0 Å². The number of carbonyl (C=O) groups excluding carboxylic acids is 1. The Morgan fingerprint density at radius 1 is 1.06 bits per heavy atom. The van der Waals surface area contributed by atoms with Crippen molar-refractivity contribution in [3.05, 3.63) is 0 Å². The van der Waals surface area contributed by atoms with E-state index >= 15 is 0 Å². The van der Waals surface area contributed by atoms with Gasteiger partial charge in [-0.05, 0) is 18.9 Å². The predicted molar refractivity (Wildman–Crippen MR) is 74.1 cm³/mol. The fourth-order valence-electron chi connectivity index (χ4n) is 1.73. The summed E-state index contributed by atoms with van der Waals surface area (Å²) in [6.45, 7) is 9.15. The molecule has 0 aromatic heterocycles. The van der Waals surface area contributed by atoms with Gasteiger partial charge in [0.1, 0.15) is 0 Å². The van der Waals surface area contributed by atoms with Gasteiger partial charge in [0.05, 0.1) is 0 Å². The molecule has 0 rings (SSSR count). The maximum atomic E-state index is 11.3. The van der Waals surface area contributed by atoms with Crippen molar-refractivity contribution in [2.24, 2.45) is 5.92 Å². The molecular formula is C14H30N2O. The average Bonchev–Trinajstić information content (AvgIpc) is 2.28. The quantitative estimate of drug-likeness (QED) is 0.547. The van der Waals surface area contributed by atoms with Crippen LogP contribution >= 0.6 is 0 Å². The van der Waals surface area contributed by atoms with Crippen molar-refractivity contribution in [1.29, 1.82) is 0 Å². The summed E-state index contributed by atoms with van der Waals surface area (Å²) in [6.07, 6.45) is 6.90. The largest absolute Gasteiger partial charge is 0.356 e. The lowest BCUT2D eigenvalue weighted by Gasteiger charge is -2.06. The highest BCUT2D eigenvalue weighted by Gasteiger charge is 1.99. The first-order valence-electron chi connectivity index (χ1n) is 7.14. The zero-order valence-corrected chi connectivity index (χ0v) is 11.8. The van der Waals surface area contributed by atoms with E-state index in [1.54, 1.807) is 0 Å². The molecule has 0 radical (unpaired) electrons. The first-order chi connectivity index (χ1) is 8.16. The average molecular weight is 242 g/mol. The predicted octanol–water partition coefficient (Wildman–Crippen LogP) is 2.71. The molecule has 0 aliphatic carbocycles. The number of hydrogen-bond donors (Lipinski definition) is 2. The molecular weight excluding hydrogens is 212 g/mol. The number of unbranched alkanes of at least 4 members (excludes halogenated alkanes) is 3. The topological polar surface area (TPSA) is 41.1 Å². The third-order valence-corrected chi connectivity index (χ3v) is 2.81. The van der Waals surface area contributed by atoms with Crippen LogP contribution in [0.5, 0.6) is 0 Å². The van der Waals surface area contributed by atoms with Gasteiger partial charge in [0.2, 0.25) is 5.91 Å². The number of amides is 1. The first kappa shape index (κ1) is 16.4. The lowest BCUT2D eigenvalue weighted by atomic mass is 10.0. The molecule has 102 valence electrons. The van der Waals surface area contributed by atoms with Crippen molar-refractivity contribution in [1.82, 2.24) is 10.6 Å². The summed E-state index contributed by atoms with van der Waals surface area (Å²) < 4.78 is 0. The Morgan fingerprint density at radius 3 is 2.41 bits per heavy atom. The zero-order valence-electron chi connectivity index (χ0n) is 11.8. The molecule has 0 unspecified atom stereocenters. The minimum Gasteiger partial charge on any atom is -0.356 e. The Kier molecular flexibility index (Phi) is 11.5. The molecule has 17 heavy (non-hydrogen) atoms. The number of hydrogen-bond acceptors (Lipinski definition) is 2. The van der Waals surface area contributed by atoms with Gasteiger partial charge in [-0.15, -0.1) is 0 Å². The number of nitrogens with one attached hydrogen (secondary N) is 2. The molecule has 0 saturated carbocycles. The highest BCUT2D eigenvalue weighted by molar-refractivity contribution is 5.75. The lowest BCUT2D eigenvalue weighted by molar-refractivity contribution is -0.121. The van der Waals surface area contributed by atoms with Crippen molar-refractivity contribution < 1.29 is 4.79 Å². The second-order valence-corrected chi connectivity index (χ2v) is 5.05. The van der Waals surface area contributed by atoms with Crippen LogP contribution in [0.3, 0.4) is 0 Å². The minimum atomic E-state index is 0.174. The van der Waals surface area contributed by atoms with Gasteiger partial charge in [-0.3, -0.25) is 4.79 Å². The van der Waals surface area contributed by atoms with E-state index < -0.39 is 0 Å². The van der Waals surface area contributed by atoms with Crippen molar-refractivity contribution in [2.75, 3.05) is 19.6 Å². The fourth-order valence-corrected chi connectivity index (χ4v) is 1.73. The zero-order chi connectivity index (χ0) is 12.9. The molecule has 1 amide bonds. The maximum Gasteiger partial charge on any atom is 0.221 e. The van der Waals surface area contributed by atoms with E-state index in [9.17, 15) is 4.79 Å². The van der Waals surface area contributed by atoms with Gasteiger partial charge in [-0.2, -0.15) is 0 Å². The monoisotopic (exact) mass is 242 g/mol. The SMILES string of the molecule is CCNCCC(=O)NCCCCCCC(C)C. The van der Waals surface area contributed by atoms with Gasteiger partial charge in [0, 0.05) is 19.5 Å². The van der Waals surface area contributed by atoms with Gasteiger partial charge < -0.3 is 10.6 Å². The van der Waals surface area contributed by atoms with Gasteiger partial charge in [0.25, 0.3) is 0 Å². The van der Waals surface area contributed by atoms with Gasteiger partial charge >= 0.3 is 0 Å². The lowest BCUT2D eigenvalue weighted by Crippen LogP contribution is -2.28. The molecule has 0 fully saturated rings.